The van der Waals surface area contributed by atoms with Gasteiger partial charge in [-0.15, -0.1) is 0 Å². The molecule has 0 unspecified atom stereocenters. The van der Waals surface area contributed by atoms with Crippen molar-refractivity contribution in [1.82, 2.24) is 10.2 Å². The highest BCUT2D eigenvalue weighted by Crippen LogP contribution is 2.28. The Morgan fingerprint density at radius 3 is 2.32 bits per heavy atom. The van der Waals surface area contributed by atoms with Gasteiger partial charge in [-0.2, -0.15) is 0 Å². The van der Waals surface area contributed by atoms with Gasteiger partial charge in [0, 0.05) is 48.1 Å². The molecule has 0 spiro atoms. The van der Waals surface area contributed by atoms with Crippen LogP contribution in [0, 0.1) is 5.92 Å². The molecule has 1 aliphatic heterocycles. The fourth-order valence-electron chi connectivity index (χ4n) is 4.18. The van der Waals surface area contributed by atoms with Gasteiger partial charge in [0.1, 0.15) is 0 Å². The monoisotopic (exact) mass is 494 g/mol. The summed E-state index contributed by atoms with van der Waals surface area (Å²) in [7, 11) is 0. The molecule has 3 aromatic carbocycles. The van der Waals surface area contributed by atoms with Crippen LogP contribution in [0.3, 0.4) is 0 Å². The maximum absolute atomic E-state index is 13.0. The number of nitrogens with zero attached hydrogens (tertiary/aromatic N) is 2. The molecule has 0 atom stereocenters. The van der Waals surface area contributed by atoms with Crippen LogP contribution in [0.1, 0.15) is 24.2 Å². The summed E-state index contributed by atoms with van der Waals surface area (Å²) in [5, 5.41) is 8.35. The van der Waals surface area contributed by atoms with Crippen molar-refractivity contribution in [2.45, 2.75) is 13.8 Å². The number of nitrogens with one attached hydrogen (secondary N) is 2. The Labute approximate surface area is 209 Å². The molecule has 3 aromatic rings. The van der Waals surface area contributed by atoms with Gasteiger partial charge in [-0.3, -0.25) is 14.9 Å². The number of rotatable bonds is 4. The van der Waals surface area contributed by atoms with Gasteiger partial charge in [-0.05, 0) is 41.9 Å². The Hall–Kier alpha value is -3.16. The molecule has 34 heavy (non-hydrogen) atoms. The van der Waals surface area contributed by atoms with E-state index in [1.165, 1.54) is 0 Å². The van der Waals surface area contributed by atoms with Gasteiger partial charge in [0.15, 0.2) is 5.11 Å². The molecule has 8 heteroatoms. The number of thiocarbonyl (C=S) groups is 1. The highest BCUT2D eigenvalue weighted by molar-refractivity contribution is 7.80. The Balaban J connectivity index is 1.45. The highest BCUT2D eigenvalue weighted by atomic mass is 35.5. The fraction of sp³-hybridized carbons (Fsp3) is 0.269. The zero-order valence-corrected chi connectivity index (χ0v) is 20.7. The number of para-hydroxylation sites is 2. The van der Waals surface area contributed by atoms with Gasteiger partial charge in [0.25, 0.3) is 5.91 Å². The molecule has 1 saturated heterocycles. The summed E-state index contributed by atoms with van der Waals surface area (Å²) < 4.78 is 0. The molecule has 0 aromatic heterocycles. The highest BCUT2D eigenvalue weighted by Gasteiger charge is 2.24. The van der Waals surface area contributed by atoms with E-state index in [1.54, 1.807) is 18.2 Å². The predicted molar refractivity (Wildman–Crippen MR) is 143 cm³/mol. The Morgan fingerprint density at radius 1 is 0.912 bits per heavy atom. The van der Waals surface area contributed by atoms with Crippen LogP contribution in [-0.4, -0.2) is 48.0 Å². The molecule has 176 valence electrons. The largest absolute Gasteiger partial charge is 0.366 e. The summed E-state index contributed by atoms with van der Waals surface area (Å²) in [6.45, 7) is 6.67. The zero-order valence-electron chi connectivity index (χ0n) is 19.2. The maximum Gasteiger partial charge on any atom is 0.258 e. The molecule has 1 heterocycles. The van der Waals surface area contributed by atoms with E-state index in [9.17, 15) is 9.59 Å². The van der Waals surface area contributed by atoms with Gasteiger partial charge in [0.2, 0.25) is 5.91 Å². The van der Waals surface area contributed by atoms with Crippen molar-refractivity contribution in [3.63, 3.8) is 0 Å². The van der Waals surface area contributed by atoms with Crippen LogP contribution in [-0.2, 0) is 4.79 Å². The average Bonchev–Trinajstić information content (AvgIpc) is 2.84. The summed E-state index contributed by atoms with van der Waals surface area (Å²) in [5.41, 5.74) is 2.29. The van der Waals surface area contributed by atoms with Crippen molar-refractivity contribution in [1.29, 1.82) is 0 Å². The topological polar surface area (TPSA) is 64.7 Å². The second-order valence-electron chi connectivity index (χ2n) is 8.53. The van der Waals surface area contributed by atoms with Crippen LogP contribution in [0.5, 0.6) is 0 Å². The van der Waals surface area contributed by atoms with E-state index in [4.69, 9.17) is 23.8 Å². The van der Waals surface area contributed by atoms with Crippen LogP contribution in [0.4, 0.5) is 11.4 Å². The molecule has 0 saturated carbocycles. The smallest absolute Gasteiger partial charge is 0.258 e. The van der Waals surface area contributed by atoms with E-state index in [0.717, 1.165) is 35.2 Å². The van der Waals surface area contributed by atoms with E-state index >= 15 is 0 Å². The number of benzene rings is 3. The van der Waals surface area contributed by atoms with Crippen molar-refractivity contribution in [2.24, 2.45) is 5.92 Å². The standard InChI is InChI=1S/C26H27ClN4O2S/c1-17(2)25(33)31-15-13-30(14-16-31)23-12-4-3-11-22(23)28-26(34)29-24(32)20-9-5-8-19-18(20)7-6-10-21(19)27/h3-12,17H,13-16H2,1-2H3,(H2,28,29,32,34). The summed E-state index contributed by atoms with van der Waals surface area (Å²) in [4.78, 5) is 29.4. The second kappa shape index (κ2) is 10.4. The minimum Gasteiger partial charge on any atom is -0.366 e. The van der Waals surface area contributed by atoms with E-state index in [1.807, 2.05) is 61.2 Å². The normalized spacial score (nSPS) is 13.8. The van der Waals surface area contributed by atoms with Crippen LogP contribution in [0.15, 0.2) is 60.7 Å². The third-order valence-electron chi connectivity index (χ3n) is 5.92. The molecule has 4 rings (SSSR count). The molecule has 2 amide bonds. The molecule has 1 fully saturated rings. The van der Waals surface area contributed by atoms with Crippen LogP contribution in [0.25, 0.3) is 10.8 Å². The van der Waals surface area contributed by atoms with E-state index in [2.05, 4.69) is 15.5 Å². The van der Waals surface area contributed by atoms with E-state index < -0.39 is 0 Å². The number of carbonyl (C=O) groups excluding carboxylic acids is 2. The minimum atomic E-state index is -0.302. The summed E-state index contributed by atoms with van der Waals surface area (Å²) in [6, 6.07) is 18.8. The maximum atomic E-state index is 13.0. The summed E-state index contributed by atoms with van der Waals surface area (Å²) in [6.07, 6.45) is 0. The third-order valence-corrected chi connectivity index (χ3v) is 6.45. The lowest BCUT2D eigenvalue weighted by Crippen LogP contribution is -2.50. The van der Waals surface area contributed by atoms with Gasteiger partial charge < -0.3 is 15.1 Å². The number of halogens is 1. The molecule has 0 radical (unpaired) electrons. The average molecular weight is 495 g/mol. The Kier molecular flexibility index (Phi) is 7.34. The fourth-order valence-corrected chi connectivity index (χ4v) is 4.62. The molecule has 2 N–H and O–H groups in total. The third kappa shape index (κ3) is 5.16. The van der Waals surface area contributed by atoms with Crippen LogP contribution in [0.2, 0.25) is 5.02 Å². The Bertz CT molecular complexity index is 1240. The van der Waals surface area contributed by atoms with Crippen molar-refractivity contribution >= 4 is 62.9 Å². The molecule has 6 nitrogen and oxygen atoms in total. The number of amides is 2. The summed E-state index contributed by atoms with van der Waals surface area (Å²) >= 11 is 11.7. The first kappa shape index (κ1) is 24.0. The first-order chi connectivity index (χ1) is 16.3. The van der Waals surface area contributed by atoms with Crippen molar-refractivity contribution in [2.75, 3.05) is 36.4 Å². The molecule has 0 aliphatic carbocycles. The lowest BCUT2D eigenvalue weighted by atomic mass is 10.0. The Morgan fingerprint density at radius 2 is 1.59 bits per heavy atom. The number of anilines is 2. The number of piperazine rings is 1. The molecule has 0 bridgehead atoms. The first-order valence-corrected chi connectivity index (χ1v) is 12.1. The SMILES string of the molecule is CC(C)C(=O)N1CCN(c2ccccc2NC(=S)NC(=O)c2cccc3c(Cl)cccc23)CC1. The number of fused-ring (bicyclic) bond motifs is 1. The second-order valence-corrected chi connectivity index (χ2v) is 9.35. The first-order valence-electron chi connectivity index (χ1n) is 11.3. The molecular formula is C26H27ClN4O2S. The minimum absolute atomic E-state index is 0.000696. The lowest BCUT2D eigenvalue weighted by Gasteiger charge is -2.37. The van der Waals surface area contributed by atoms with E-state index in [-0.39, 0.29) is 22.8 Å². The van der Waals surface area contributed by atoms with Gasteiger partial charge >= 0.3 is 0 Å². The van der Waals surface area contributed by atoms with Crippen LogP contribution >= 0.6 is 23.8 Å². The molecular weight excluding hydrogens is 468 g/mol. The lowest BCUT2D eigenvalue weighted by molar-refractivity contribution is -0.134. The van der Waals surface area contributed by atoms with Crippen LogP contribution < -0.4 is 15.5 Å². The number of carbonyl (C=O) groups is 2. The zero-order chi connectivity index (χ0) is 24.2. The molecule has 1 aliphatic rings. The van der Waals surface area contributed by atoms with E-state index in [0.29, 0.717) is 23.7 Å². The van der Waals surface area contributed by atoms with Crippen molar-refractivity contribution in [3.05, 3.63) is 71.2 Å². The number of hydrogen-bond donors (Lipinski definition) is 2. The number of hydrogen-bond acceptors (Lipinski definition) is 4. The van der Waals surface area contributed by atoms with Crippen molar-refractivity contribution in [3.8, 4) is 0 Å². The van der Waals surface area contributed by atoms with Gasteiger partial charge in [-0.1, -0.05) is 61.8 Å². The van der Waals surface area contributed by atoms with Crippen molar-refractivity contribution < 1.29 is 9.59 Å². The predicted octanol–water partition coefficient (Wildman–Crippen LogP) is 4.92. The van der Waals surface area contributed by atoms with Gasteiger partial charge in [-0.25, -0.2) is 0 Å². The quantitative estimate of drug-likeness (QED) is 0.504. The van der Waals surface area contributed by atoms with Gasteiger partial charge in [0.05, 0.1) is 11.4 Å². The summed E-state index contributed by atoms with van der Waals surface area (Å²) in [5.74, 6) is -0.118.